The van der Waals surface area contributed by atoms with E-state index in [-0.39, 0.29) is 18.7 Å². The Hall–Kier alpha value is -3.75. The molecular weight excluding hydrogens is 378 g/mol. The fourth-order valence-electron chi connectivity index (χ4n) is 2.78. The summed E-state index contributed by atoms with van der Waals surface area (Å²) in [6.45, 7) is 4.94. The number of benzene rings is 2. The number of carbonyl (C=O) groups excluding carboxylic acids is 1. The monoisotopic (exact) mass is 397 g/mol. The van der Waals surface area contributed by atoms with Gasteiger partial charge in [-0.2, -0.15) is 0 Å². The molecule has 1 aliphatic heterocycles. The minimum absolute atomic E-state index is 0.0190. The molecule has 0 radical (unpaired) electrons. The van der Waals surface area contributed by atoms with Crippen LogP contribution in [0.3, 0.4) is 0 Å². The van der Waals surface area contributed by atoms with Crippen LogP contribution < -0.4 is 24.3 Å². The summed E-state index contributed by atoms with van der Waals surface area (Å²) in [6.07, 6.45) is 0. The molecule has 0 atom stereocenters. The number of fused-ring (bicyclic) bond motifs is 1. The summed E-state index contributed by atoms with van der Waals surface area (Å²) in [5.41, 5.74) is 1.03. The molecule has 0 saturated carbocycles. The van der Waals surface area contributed by atoms with Crippen LogP contribution in [0.1, 0.15) is 24.2 Å². The Labute approximate surface area is 166 Å². The van der Waals surface area contributed by atoms with Gasteiger partial charge in [-0.15, -0.1) is 5.10 Å². The van der Waals surface area contributed by atoms with Gasteiger partial charge in [-0.25, -0.2) is 0 Å². The molecule has 2 heterocycles. The maximum absolute atomic E-state index is 12.4. The van der Waals surface area contributed by atoms with Gasteiger partial charge >= 0.3 is 6.01 Å². The summed E-state index contributed by atoms with van der Waals surface area (Å²) >= 11 is 0. The summed E-state index contributed by atoms with van der Waals surface area (Å²) < 4.78 is 27.3. The Kier molecular flexibility index (Phi) is 5.19. The molecule has 9 heteroatoms. The predicted molar refractivity (Wildman–Crippen MR) is 103 cm³/mol. The highest BCUT2D eigenvalue weighted by Gasteiger charge is 2.18. The highest BCUT2D eigenvalue weighted by atomic mass is 16.7. The third-order valence-electron chi connectivity index (χ3n) is 4.07. The van der Waals surface area contributed by atoms with E-state index in [1.54, 1.807) is 36.4 Å². The van der Waals surface area contributed by atoms with Crippen LogP contribution in [0, 0.1) is 0 Å². The van der Waals surface area contributed by atoms with Crippen molar-refractivity contribution in [3.05, 3.63) is 42.0 Å². The number of rotatable bonds is 7. The van der Waals surface area contributed by atoms with Gasteiger partial charge in [0.2, 0.25) is 12.7 Å². The molecule has 9 nitrogen and oxygen atoms in total. The smallest absolute Gasteiger partial charge is 0.322 e. The van der Waals surface area contributed by atoms with Crippen LogP contribution >= 0.6 is 0 Å². The van der Waals surface area contributed by atoms with Crippen LogP contribution in [-0.2, 0) is 0 Å². The van der Waals surface area contributed by atoms with Crippen LogP contribution in [-0.4, -0.2) is 36.1 Å². The van der Waals surface area contributed by atoms with Gasteiger partial charge < -0.3 is 23.4 Å². The first kappa shape index (κ1) is 18.6. The van der Waals surface area contributed by atoms with Gasteiger partial charge in [0.05, 0.1) is 13.2 Å². The molecule has 0 bridgehead atoms. The number of ether oxygens (including phenoxy) is 4. The first-order chi connectivity index (χ1) is 14.2. The lowest BCUT2D eigenvalue weighted by Crippen LogP contribution is -2.12. The van der Waals surface area contributed by atoms with Gasteiger partial charge in [0.1, 0.15) is 0 Å². The van der Waals surface area contributed by atoms with E-state index >= 15 is 0 Å². The quantitative estimate of drug-likeness (QED) is 0.646. The summed E-state index contributed by atoms with van der Waals surface area (Å²) in [6, 6.07) is 10.2. The van der Waals surface area contributed by atoms with E-state index in [0.717, 1.165) is 0 Å². The zero-order chi connectivity index (χ0) is 20.2. The van der Waals surface area contributed by atoms with Crippen molar-refractivity contribution in [1.82, 2.24) is 10.2 Å². The zero-order valence-electron chi connectivity index (χ0n) is 15.9. The van der Waals surface area contributed by atoms with Crippen molar-refractivity contribution in [1.29, 1.82) is 0 Å². The molecule has 4 rings (SSSR count). The summed E-state index contributed by atoms with van der Waals surface area (Å²) in [4.78, 5) is 12.4. The van der Waals surface area contributed by atoms with Crippen LogP contribution in [0.25, 0.3) is 11.5 Å². The second-order valence-corrected chi connectivity index (χ2v) is 5.96. The number of anilines is 1. The largest absolute Gasteiger partial charge is 0.490 e. The Bertz CT molecular complexity index is 1030. The van der Waals surface area contributed by atoms with E-state index in [9.17, 15) is 4.79 Å². The normalized spacial score (nSPS) is 11.9. The molecule has 1 N–H and O–H groups in total. The molecule has 0 saturated heterocycles. The fraction of sp³-hybridized carbons (Fsp3) is 0.250. The average molecular weight is 397 g/mol. The van der Waals surface area contributed by atoms with E-state index in [2.05, 4.69) is 15.5 Å². The van der Waals surface area contributed by atoms with Crippen molar-refractivity contribution in [2.45, 2.75) is 13.8 Å². The van der Waals surface area contributed by atoms with Crippen LogP contribution in [0.4, 0.5) is 6.01 Å². The van der Waals surface area contributed by atoms with Gasteiger partial charge in [0, 0.05) is 11.1 Å². The maximum Gasteiger partial charge on any atom is 0.322 e. The van der Waals surface area contributed by atoms with Crippen molar-refractivity contribution in [2.75, 3.05) is 25.3 Å². The van der Waals surface area contributed by atoms with Crippen molar-refractivity contribution in [2.24, 2.45) is 0 Å². The first-order valence-electron chi connectivity index (χ1n) is 9.12. The Morgan fingerprint density at radius 3 is 2.62 bits per heavy atom. The number of hydrogen-bond donors (Lipinski definition) is 1. The molecule has 1 aliphatic rings. The fourth-order valence-corrected chi connectivity index (χ4v) is 2.78. The molecule has 1 aromatic heterocycles. The minimum Gasteiger partial charge on any atom is -0.490 e. The highest BCUT2D eigenvalue weighted by molar-refractivity contribution is 6.03. The Morgan fingerprint density at radius 1 is 1.00 bits per heavy atom. The molecule has 150 valence electrons. The minimum atomic E-state index is -0.403. The third-order valence-corrected chi connectivity index (χ3v) is 4.07. The number of aromatic nitrogens is 2. The van der Waals surface area contributed by atoms with E-state index in [0.29, 0.717) is 47.3 Å². The summed E-state index contributed by atoms with van der Waals surface area (Å²) in [5.74, 6) is 2.17. The van der Waals surface area contributed by atoms with E-state index in [1.165, 1.54) is 0 Å². The lowest BCUT2D eigenvalue weighted by atomic mass is 10.2. The van der Waals surface area contributed by atoms with Crippen molar-refractivity contribution < 1.29 is 28.2 Å². The molecule has 0 aliphatic carbocycles. The maximum atomic E-state index is 12.4. The average Bonchev–Trinajstić information content (AvgIpc) is 3.38. The van der Waals surface area contributed by atoms with Gasteiger partial charge in [0.25, 0.3) is 5.91 Å². The van der Waals surface area contributed by atoms with E-state index < -0.39 is 5.91 Å². The topological polar surface area (TPSA) is 105 Å². The van der Waals surface area contributed by atoms with Crippen molar-refractivity contribution >= 4 is 11.9 Å². The predicted octanol–water partition coefficient (Wildman–Crippen LogP) is 3.52. The van der Waals surface area contributed by atoms with Gasteiger partial charge in [-0.3, -0.25) is 10.1 Å². The second kappa shape index (κ2) is 8.09. The zero-order valence-corrected chi connectivity index (χ0v) is 15.9. The molecule has 3 aromatic rings. The van der Waals surface area contributed by atoms with E-state index in [4.69, 9.17) is 23.4 Å². The number of carbonyl (C=O) groups is 1. The number of hydrogen-bond acceptors (Lipinski definition) is 8. The van der Waals surface area contributed by atoms with Crippen molar-refractivity contribution in [3.8, 4) is 34.5 Å². The molecule has 0 unspecified atom stereocenters. The van der Waals surface area contributed by atoms with Crippen LogP contribution in [0.15, 0.2) is 40.8 Å². The third kappa shape index (κ3) is 3.93. The summed E-state index contributed by atoms with van der Waals surface area (Å²) in [5, 5.41) is 10.5. The van der Waals surface area contributed by atoms with E-state index in [1.807, 2.05) is 13.8 Å². The first-order valence-corrected chi connectivity index (χ1v) is 9.12. The van der Waals surface area contributed by atoms with Crippen LogP contribution in [0.5, 0.6) is 23.0 Å². The highest BCUT2D eigenvalue weighted by Crippen LogP contribution is 2.34. The number of amides is 1. The Balaban J connectivity index is 1.51. The van der Waals surface area contributed by atoms with Crippen LogP contribution in [0.2, 0.25) is 0 Å². The molecule has 0 fully saturated rings. The molecule has 29 heavy (non-hydrogen) atoms. The van der Waals surface area contributed by atoms with Gasteiger partial charge in [-0.1, -0.05) is 5.10 Å². The lowest BCUT2D eigenvalue weighted by molar-refractivity contribution is 0.102. The lowest BCUT2D eigenvalue weighted by Gasteiger charge is -2.11. The number of nitrogens with zero attached hydrogens (tertiary/aromatic N) is 2. The second-order valence-electron chi connectivity index (χ2n) is 5.96. The Morgan fingerprint density at radius 2 is 1.79 bits per heavy atom. The standard InChI is InChI=1S/C20H19N3O6/c1-3-25-14-8-6-13(10-16(14)26-4-2)19-22-23-20(29-19)21-18(24)12-5-7-15-17(9-12)28-11-27-15/h5-10H,3-4,11H2,1-2H3,(H,21,23,24). The SMILES string of the molecule is CCOc1ccc(-c2nnc(NC(=O)c3ccc4c(c3)OCO4)o2)cc1OCC. The molecular formula is C20H19N3O6. The van der Waals surface area contributed by atoms with Gasteiger partial charge in [-0.05, 0) is 50.2 Å². The number of nitrogens with one attached hydrogen (secondary N) is 1. The molecule has 2 aromatic carbocycles. The van der Waals surface area contributed by atoms with Gasteiger partial charge in [0.15, 0.2) is 23.0 Å². The summed E-state index contributed by atoms with van der Waals surface area (Å²) in [7, 11) is 0. The molecule has 0 spiro atoms. The molecule has 1 amide bonds. The van der Waals surface area contributed by atoms with Crippen molar-refractivity contribution in [3.63, 3.8) is 0 Å².